The molecule has 0 saturated heterocycles. The van der Waals surface area contributed by atoms with Gasteiger partial charge in [0.2, 0.25) is 0 Å². The van der Waals surface area contributed by atoms with Crippen molar-refractivity contribution in [2.24, 2.45) is 0 Å². The Morgan fingerprint density at radius 1 is 1.29 bits per heavy atom. The van der Waals surface area contributed by atoms with Gasteiger partial charge in [-0.2, -0.15) is 5.26 Å². The zero-order chi connectivity index (χ0) is 17.6. The summed E-state index contributed by atoms with van der Waals surface area (Å²) in [6.45, 7) is 4.20. The third-order valence-corrected chi connectivity index (χ3v) is 3.22. The lowest BCUT2D eigenvalue weighted by molar-refractivity contribution is 0.106. The third-order valence-electron chi connectivity index (χ3n) is 3.22. The predicted octanol–water partition coefficient (Wildman–Crippen LogP) is 0.987. The van der Waals surface area contributed by atoms with Crippen LogP contribution >= 0.6 is 0 Å². The lowest BCUT2D eigenvalue weighted by Gasteiger charge is -2.14. The number of ether oxygens (including phenoxy) is 1. The zero-order valence-electron chi connectivity index (χ0n) is 14.0. The van der Waals surface area contributed by atoms with Crippen LogP contribution in [0.4, 0.5) is 4.79 Å². The van der Waals surface area contributed by atoms with Crippen molar-refractivity contribution in [1.82, 2.24) is 16.0 Å². The van der Waals surface area contributed by atoms with Gasteiger partial charge in [0.15, 0.2) is 0 Å². The number of aliphatic hydroxyl groups is 1. The number of urea groups is 1. The molecule has 1 aromatic rings. The highest BCUT2D eigenvalue weighted by molar-refractivity contribution is 5.73. The Labute approximate surface area is 143 Å². The van der Waals surface area contributed by atoms with E-state index in [0.29, 0.717) is 37.5 Å². The topological polar surface area (TPSA) is 106 Å². The Balaban J connectivity index is 2.09. The zero-order valence-corrected chi connectivity index (χ0v) is 14.0. The fraction of sp³-hybridized carbons (Fsp3) is 0.529. The molecular formula is C17H26N4O3. The number of carbonyl (C=O) groups excluding carboxylic acids is 1. The average Bonchev–Trinajstić information content (AvgIpc) is 2.60. The summed E-state index contributed by atoms with van der Waals surface area (Å²) in [7, 11) is 0. The van der Waals surface area contributed by atoms with Crippen molar-refractivity contribution in [3.8, 4) is 11.8 Å². The number of amides is 2. The predicted molar refractivity (Wildman–Crippen MR) is 91.8 cm³/mol. The standard InChI is InChI=1S/C17H26N4O3/c1-2-3-8-20-17(23)21-10-9-19-12-15(22)13-24-16-7-5-4-6-14(16)11-18/h4-7,15,19,22H,2-3,8-10,12-13H2,1H3,(H2,20,21,23)/t15-/m1/s1. The van der Waals surface area contributed by atoms with Gasteiger partial charge in [-0.05, 0) is 18.6 Å². The van der Waals surface area contributed by atoms with Crippen LogP contribution in [0.15, 0.2) is 24.3 Å². The van der Waals surface area contributed by atoms with Crippen molar-refractivity contribution in [2.75, 3.05) is 32.8 Å². The minimum absolute atomic E-state index is 0.0939. The second-order valence-electron chi connectivity index (χ2n) is 5.31. The molecule has 0 unspecified atom stereocenters. The van der Waals surface area contributed by atoms with Crippen molar-refractivity contribution >= 4 is 6.03 Å². The largest absolute Gasteiger partial charge is 0.489 e. The fourth-order valence-electron chi connectivity index (χ4n) is 1.90. The van der Waals surface area contributed by atoms with Crippen LogP contribution in [0.5, 0.6) is 5.75 Å². The first-order valence-electron chi connectivity index (χ1n) is 8.19. The average molecular weight is 334 g/mol. The molecule has 24 heavy (non-hydrogen) atoms. The molecule has 1 aromatic carbocycles. The number of hydrogen-bond donors (Lipinski definition) is 4. The van der Waals surface area contributed by atoms with Crippen LogP contribution < -0.4 is 20.7 Å². The molecule has 0 aromatic heterocycles. The smallest absolute Gasteiger partial charge is 0.314 e. The van der Waals surface area contributed by atoms with Crippen LogP contribution in [0.25, 0.3) is 0 Å². The Morgan fingerprint density at radius 2 is 2.04 bits per heavy atom. The number of para-hydroxylation sites is 1. The Kier molecular flexibility index (Phi) is 10.0. The maximum atomic E-state index is 11.4. The van der Waals surface area contributed by atoms with Crippen molar-refractivity contribution in [3.63, 3.8) is 0 Å². The number of nitrogens with one attached hydrogen (secondary N) is 3. The van der Waals surface area contributed by atoms with E-state index in [-0.39, 0.29) is 12.6 Å². The van der Waals surface area contributed by atoms with Gasteiger partial charge in [0, 0.05) is 26.2 Å². The first-order valence-corrected chi connectivity index (χ1v) is 8.19. The first-order chi connectivity index (χ1) is 11.7. The summed E-state index contributed by atoms with van der Waals surface area (Å²) in [6, 6.07) is 8.75. The van der Waals surface area contributed by atoms with E-state index in [1.807, 2.05) is 6.07 Å². The highest BCUT2D eigenvalue weighted by Crippen LogP contribution is 2.16. The molecule has 0 aliphatic carbocycles. The molecule has 0 aliphatic heterocycles. The summed E-state index contributed by atoms with van der Waals surface area (Å²) in [5.41, 5.74) is 0.441. The van der Waals surface area contributed by atoms with Crippen LogP contribution in [0.3, 0.4) is 0 Å². The Morgan fingerprint density at radius 3 is 2.79 bits per heavy atom. The number of nitriles is 1. The molecule has 7 heteroatoms. The van der Waals surface area contributed by atoms with E-state index in [1.165, 1.54) is 0 Å². The number of rotatable bonds is 11. The molecule has 7 nitrogen and oxygen atoms in total. The highest BCUT2D eigenvalue weighted by Gasteiger charge is 2.07. The van der Waals surface area contributed by atoms with E-state index in [9.17, 15) is 9.90 Å². The van der Waals surface area contributed by atoms with Crippen LogP contribution in [-0.2, 0) is 0 Å². The number of benzene rings is 1. The summed E-state index contributed by atoms with van der Waals surface area (Å²) >= 11 is 0. The molecule has 0 fully saturated rings. The van der Waals surface area contributed by atoms with E-state index < -0.39 is 6.10 Å². The molecule has 0 heterocycles. The van der Waals surface area contributed by atoms with Gasteiger partial charge < -0.3 is 25.8 Å². The van der Waals surface area contributed by atoms with E-state index in [0.717, 1.165) is 12.8 Å². The maximum absolute atomic E-state index is 11.4. The normalized spacial score (nSPS) is 11.4. The Bertz CT molecular complexity index is 531. The fourth-order valence-corrected chi connectivity index (χ4v) is 1.90. The van der Waals surface area contributed by atoms with Gasteiger partial charge in [-0.3, -0.25) is 0 Å². The number of aliphatic hydroxyl groups excluding tert-OH is 1. The lowest BCUT2D eigenvalue weighted by atomic mass is 10.2. The van der Waals surface area contributed by atoms with E-state index in [1.54, 1.807) is 24.3 Å². The third kappa shape index (κ3) is 8.36. The molecule has 132 valence electrons. The quantitative estimate of drug-likeness (QED) is 0.452. The van der Waals surface area contributed by atoms with Gasteiger partial charge in [-0.1, -0.05) is 25.5 Å². The van der Waals surface area contributed by atoms with Crippen molar-refractivity contribution in [3.05, 3.63) is 29.8 Å². The minimum Gasteiger partial charge on any atom is -0.489 e. The summed E-state index contributed by atoms with van der Waals surface area (Å²) in [4.78, 5) is 11.4. The van der Waals surface area contributed by atoms with Crippen LogP contribution in [-0.4, -0.2) is 50.0 Å². The summed E-state index contributed by atoms with van der Waals surface area (Å²) in [5.74, 6) is 0.462. The maximum Gasteiger partial charge on any atom is 0.314 e. The second-order valence-corrected chi connectivity index (χ2v) is 5.31. The molecule has 1 atom stereocenters. The van der Waals surface area contributed by atoms with E-state index in [2.05, 4.69) is 22.9 Å². The van der Waals surface area contributed by atoms with Gasteiger partial charge >= 0.3 is 6.03 Å². The summed E-state index contributed by atoms with van der Waals surface area (Å²) in [5, 5.41) is 27.3. The number of nitrogens with zero attached hydrogens (tertiary/aromatic N) is 1. The molecular weight excluding hydrogens is 308 g/mol. The van der Waals surface area contributed by atoms with E-state index >= 15 is 0 Å². The number of carbonyl (C=O) groups is 1. The SMILES string of the molecule is CCCCNC(=O)NCCNC[C@@H](O)COc1ccccc1C#N. The number of unbranched alkanes of at least 4 members (excludes halogenated alkanes) is 1. The van der Waals surface area contributed by atoms with Crippen LogP contribution in [0, 0.1) is 11.3 Å². The Hall–Kier alpha value is -2.30. The van der Waals surface area contributed by atoms with Gasteiger partial charge in [0.05, 0.1) is 5.56 Å². The molecule has 2 amide bonds. The van der Waals surface area contributed by atoms with Crippen LogP contribution in [0.2, 0.25) is 0 Å². The van der Waals surface area contributed by atoms with Crippen molar-refractivity contribution in [1.29, 1.82) is 5.26 Å². The molecule has 0 spiro atoms. The lowest BCUT2D eigenvalue weighted by Crippen LogP contribution is -2.41. The van der Waals surface area contributed by atoms with Crippen LogP contribution in [0.1, 0.15) is 25.3 Å². The van der Waals surface area contributed by atoms with Gasteiger partial charge in [0.25, 0.3) is 0 Å². The molecule has 1 rings (SSSR count). The highest BCUT2D eigenvalue weighted by atomic mass is 16.5. The van der Waals surface area contributed by atoms with Gasteiger partial charge in [-0.15, -0.1) is 0 Å². The summed E-state index contributed by atoms with van der Waals surface area (Å²) < 4.78 is 5.45. The van der Waals surface area contributed by atoms with Crippen molar-refractivity contribution < 1.29 is 14.6 Å². The second kappa shape index (κ2) is 12.2. The molecule has 0 bridgehead atoms. The van der Waals surface area contributed by atoms with Crippen molar-refractivity contribution in [2.45, 2.75) is 25.9 Å². The first kappa shape index (κ1) is 19.7. The van der Waals surface area contributed by atoms with E-state index in [4.69, 9.17) is 10.00 Å². The molecule has 0 saturated carbocycles. The number of hydrogen-bond acceptors (Lipinski definition) is 5. The molecule has 4 N–H and O–H groups in total. The van der Waals surface area contributed by atoms with Gasteiger partial charge in [0.1, 0.15) is 24.5 Å². The summed E-state index contributed by atoms with van der Waals surface area (Å²) in [6.07, 6.45) is 1.31. The van der Waals surface area contributed by atoms with Gasteiger partial charge in [-0.25, -0.2) is 4.79 Å². The minimum atomic E-state index is -0.699. The molecule has 0 radical (unpaired) electrons. The molecule has 0 aliphatic rings. The monoisotopic (exact) mass is 334 g/mol.